The third-order valence-corrected chi connectivity index (χ3v) is 2.07. The van der Waals surface area contributed by atoms with E-state index in [2.05, 4.69) is 5.32 Å². The van der Waals surface area contributed by atoms with Crippen LogP contribution in [-0.4, -0.2) is 15.8 Å². The Labute approximate surface area is 99.5 Å². The smallest absolute Gasteiger partial charge is 0.299 e. The monoisotopic (exact) mass is 259 g/mol. The molecule has 0 unspecified atom stereocenters. The largest absolute Gasteiger partial charge is 0.321 e. The molecule has 1 aromatic rings. The van der Waals surface area contributed by atoms with E-state index in [0.717, 1.165) is 13.0 Å². The van der Waals surface area contributed by atoms with E-state index < -0.39 is 27.1 Å². The van der Waals surface area contributed by atoms with Gasteiger partial charge in [0.05, 0.1) is 15.9 Å². The zero-order chi connectivity index (χ0) is 13.2. The molecule has 8 nitrogen and oxygen atoms in total. The van der Waals surface area contributed by atoms with Crippen molar-refractivity contribution in [1.82, 2.24) is 0 Å². The van der Waals surface area contributed by atoms with Crippen LogP contribution in [0.1, 0.15) is 6.92 Å². The molecule has 0 aliphatic rings. The lowest BCUT2D eigenvalue weighted by Crippen LogP contribution is -2.08. The van der Waals surface area contributed by atoms with Crippen LogP contribution in [0.2, 0.25) is 5.02 Å². The summed E-state index contributed by atoms with van der Waals surface area (Å²) < 4.78 is 0. The second kappa shape index (κ2) is 4.74. The molecule has 0 bridgehead atoms. The molecule has 90 valence electrons. The van der Waals surface area contributed by atoms with Crippen LogP contribution in [0.25, 0.3) is 0 Å². The normalized spacial score (nSPS) is 9.76. The van der Waals surface area contributed by atoms with Crippen molar-refractivity contribution >= 4 is 34.6 Å². The van der Waals surface area contributed by atoms with Gasteiger partial charge in [-0.3, -0.25) is 25.0 Å². The average Bonchev–Trinajstić information content (AvgIpc) is 2.15. The highest BCUT2D eigenvalue weighted by molar-refractivity contribution is 6.33. The third kappa shape index (κ3) is 2.88. The molecule has 17 heavy (non-hydrogen) atoms. The van der Waals surface area contributed by atoms with Crippen molar-refractivity contribution in [1.29, 1.82) is 0 Å². The molecule has 0 spiro atoms. The summed E-state index contributed by atoms with van der Waals surface area (Å²) in [5, 5.41) is 23.1. The maximum Gasteiger partial charge on any atom is 0.299 e. The van der Waals surface area contributed by atoms with Crippen LogP contribution in [0.3, 0.4) is 0 Å². The van der Waals surface area contributed by atoms with Crippen molar-refractivity contribution in [3.05, 3.63) is 37.4 Å². The molecular formula is C8H6ClN3O5. The lowest BCUT2D eigenvalue weighted by molar-refractivity contribution is -0.393. The maximum absolute atomic E-state index is 10.8. The summed E-state index contributed by atoms with van der Waals surface area (Å²) >= 11 is 5.57. The summed E-state index contributed by atoms with van der Waals surface area (Å²) in [6.45, 7) is 1.15. The summed E-state index contributed by atoms with van der Waals surface area (Å²) in [6.07, 6.45) is 0. The zero-order valence-electron chi connectivity index (χ0n) is 8.47. The SMILES string of the molecule is CC(=O)Nc1cc(Cl)c([N+](=O)[O-])cc1[N+](=O)[O-]. The van der Waals surface area contributed by atoms with Gasteiger partial charge in [-0.1, -0.05) is 11.6 Å². The Hall–Kier alpha value is -2.22. The van der Waals surface area contributed by atoms with E-state index in [4.69, 9.17) is 11.6 Å². The molecule has 1 N–H and O–H groups in total. The Kier molecular flexibility index (Phi) is 3.59. The molecule has 1 amide bonds. The van der Waals surface area contributed by atoms with Crippen LogP contribution in [0.5, 0.6) is 0 Å². The van der Waals surface area contributed by atoms with Crippen LogP contribution in [-0.2, 0) is 4.79 Å². The Balaban J connectivity index is 3.40. The third-order valence-electron chi connectivity index (χ3n) is 1.77. The van der Waals surface area contributed by atoms with E-state index >= 15 is 0 Å². The van der Waals surface area contributed by atoms with Gasteiger partial charge in [-0.2, -0.15) is 0 Å². The molecule has 0 saturated heterocycles. The highest BCUT2D eigenvalue weighted by Crippen LogP contribution is 2.35. The van der Waals surface area contributed by atoms with Crippen molar-refractivity contribution < 1.29 is 14.6 Å². The molecule has 0 radical (unpaired) electrons. The fourth-order valence-corrected chi connectivity index (χ4v) is 1.36. The van der Waals surface area contributed by atoms with Crippen molar-refractivity contribution in [2.45, 2.75) is 6.92 Å². The average molecular weight is 260 g/mol. The van der Waals surface area contributed by atoms with E-state index in [0.29, 0.717) is 6.07 Å². The molecule has 0 aromatic heterocycles. The van der Waals surface area contributed by atoms with Gasteiger partial charge in [0.15, 0.2) is 0 Å². The lowest BCUT2D eigenvalue weighted by Gasteiger charge is -2.04. The lowest BCUT2D eigenvalue weighted by atomic mass is 10.2. The van der Waals surface area contributed by atoms with Gasteiger partial charge in [-0.25, -0.2) is 0 Å². The number of hydrogen-bond donors (Lipinski definition) is 1. The van der Waals surface area contributed by atoms with E-state index in [-0.39, 0.29) is 10.7 Å². The number of nitro benzene ring substituents is 2. The minimum absolute atomic E-state index is 0.182. The number of halogens is 1. The quantitative estimate of drug-likeness (QED) is 0.659. The number of carbonyl (C=O) groups excluding carboxylic acids is 1. The predicted molar refractivity (Wildman–Crippen MR) is 59.1 cm³/mol. The Bertz CT molecular complexity index is 516. The van der Waals surface area contributed by atoms with Gasteiger partial charge >= 0.3 is 0 Å². The van der Waals surface area contributed by atoms with Gasteiger partial charge in [-0.05, 0) is 6.07 Å². The molecule has 0 atom stereocenters. The first-order chi connectivity index (χ1) is 7.82. The number of anilines is 1. The van der Waals surface area contributed by atoms with Crippen LogP contribution < -0.4 is 5.32 Å². The van der Waals surface area contributed by atoms with E-state index in [1.54, 1.807) is 0 Å². The van der Waals surface area contributed by atoms with Crippen molar-refractivity contribution in [3.63, 3.8) is 0 Å². The standard InChI is InChI=1S/C8H6ClN3O5/c1-4(13)10-6-2-5(9)7(11(14)15)3-8(6)12(16)17/h2-3H,1H3,(H,10,13). The number of benzene rings is 1. The molecule has 0 saturated carbocycles. The number of amides is 1. The van der Waals surface area contributed by atoms with E-state index in [1.807, 2.05) is 0 Å². The molecule has 0 aliphatic carbocycles. The number of nitrogens with zero attached hydrogens (tertiary/aromatic N) is 2. The Morgan fingerprint density at radius 1 is 1.24 bits per heavy atom. The van der Waals surface area contributed by atoms with Crippen LogP contribution in [0.15, 0.2) is 12.1 Å². The summed E-state index contributed by atoms with van der Waals surface area (Å²) in [6, 6.07) is 1.67. The van der Waals surface area contributed by atoms with Crippen LogP contribution >= 0.6 is 11.6 Å². The van der Waals surface area contributed by atoms with Crippen molar-refractivity contribution in [2.24, 2.45) is 0 Å². The fourth-order valence-electron chi connectivity index (χ4n) is 1.13. The summed E-state index contributed by atoms with van der Waals surface area (Å²) in [7, 11) is 0. The van der Waals surface area contributed by atoms with Gasteiger partial charge in [0.2, 0.25) is 5.91 Å². The minimum atomic E-state index is -0.840. The van der Waals surface area contributed by atoms with Crippen LogP contribution in [0.4, 0.5) is 17.1 Å². The fraction of sp³-hybridized carbons (Fsp3) is 0.125. The van der Waals surface area contributed by atoms with Gasteiger partial charge in [0.1, 0.15) is 10.7 Å². The summed E-state index contributed by atoms with van der Waals surface area (Å²) in [4.78, 5) is 30.3. The highest BCUT2D eigenvalue weighted by atomic mass is 35.5. The highest BCUT2D eigenvalue weighted by Gasteiger charge is 2.24. The minimum Gasteiger partial charge on any atom is -0.321 e. The van der Waals surface area contributed by atoms with Crippen LogP contribution in [0, 0.1) is 20.2 Å². The number of nitrogens with one attached hydrogen (secondary N) is 1. The predicted octanol–water partition coefficient (Wildman–Crippen LogP) is 2.11. The first-order valence-corrected chi connectivity index (χ1v) is 4.60. The van der Waals surface area contributed by atoms with Crippen molar-refractivity contribution in [3.8, 4) is 0 Å². The first kappa shape index (κ1) is 12.8. The Morgan fingerprint density at radius 2 is 1.76 bits per heavy atom. The number of rotatable bonds is 3. The molecule has 1 aromatic carbocycles. The van der Waals surface area contributed by atoms with Gasteiger partial charge in [0, 0.05) is 6.92 Å². The number of carbonyl (C=O) groups is 1. The van der Waals surface area contributed by atoms with Gasteiger partial charge < -0.3 is 5.32 Å². The van der Waals surface area contributed by atoms with E-state index in [1.165, 1.54) is 0 Å². The number of hydrogen-bond acceptors (Lipinski definition) is 5. The first-order valence-electron chi connectivity index (χ1n) is 4.23. The second-order valence-electron chi connectivity index (χ2n) is 3.02. The molecule has 0 fully saturated rings. The molecular weight excluding hydrogens is 254 g/mol. The van der Waals surface area contributed by atoms with Gasteiger partial charge in [-0.15, -0.1) is 0 Å². The van der Waals surface area contributed by atoms with Gasteiger partial charge in [0.25, 0.3) is 11.4 Å². The topological polar surface area (TPSA) is 115 Å². The molecule has 0 aliphatic heterocycles. The molecule has 9 heteroatoms. The molecule has 0 heterocycles. The molecule has 1 rings (SSSR count). The number of nitro groups is 2. The second-order valence-corrected chi connectivity index (χ2v) is 3.42. The zero-order valence-corrected chi connectivity index (χ0v) is 9.22. The van der Waals surface area contributed by atoms with Crippen molar-refractivity contribution in [2.75, 3.05) is 5.32 Å². The summed E-state index contributed by atoms with van der Waals surface area (Å²) in [5.41, 5.74) is -1.36. The Morgan fingerprint density at radius 3 is 2.18 bits per heavy atom. The maximum atomic E-state index is 10.8. The van der Waals surface area contributed by atoms with E-state index in [9.17, 15) is 25.0 Å². The summed E-state index contributed by atoms with van der Waals surface area (Å²) in [5.74, 6) is -0.544.